The van der Waals surface area contributed by atoms with Crippen molar-refractivity contribution in [3.8, 4) is 0 Å². The lowest BCUT2D eigenvalue weighted by Gasteiger charge is -2.16. The number of hydrogen-bond acceptors (Lipinski definition) is 1. The van der Waals surface area contributed by atoms with Gasteiger partial charge >= 0.3 is 0 Å². The van der Waals surface area contributed by atoms with Crippen LogP contribution in [0.15, 0.2) is 23.2 Å². The first-order valence-corrected chi connectivity index (χ1v) is 4.10. The highest BCUT2D eigenvalue weighted by atomic mass is 19.1. The third-order valence-electron chi connectivity index (χ3n) is 2.41. The molecule has 0 fully saturated rings. The van der Waals surface area contributed by atoms with E-state index in [2.05, 4.69) is 5.32 Å². The zero-order valence-electron chi connectivity index (χ0n) is 6.65. The summed E-state index contributed by atoms with van der Waals surface area (Å²) in [5.74, 6) is 0.131. The van der Waals surface area contributed by atoms with Gasteiger partial charge in [-0.05, 0) is 24.5 Å². The molecule has 11 heavy (non-hydrogen) atoms. The van der Waals surface area contributed by atoms with Crippen LogP contribution < -0.4 is 5.32 Å². The van der Waals surface area contributed by atoms with Crippen molar-refractivity contribution in [2.45, 2.75) is 19.8 Å². The Labute approximate surface area is 66.0 Å². The van der Waals surface area contributed by atoms with Gasteiger partial charge in [0.15, 0.2) is 0 Å². The van der Waals surface area contributed by atoms with E-state index in [9.17, 15) is 4.39 Å². The standard InChI is InChI=1S/C9H12FN/c1-6-4-9-7(2-3-11-9)5-8(6)10/h5-6,11H,2-4H2,1H3/t6-/m1/s1. The minimum atomic E-state index is 0.0486. The first-order chi connectivity index (χ1) is 5.27. The molecule has 1 heterocycles. The van der Waals surface area contributed by atoms with E-state index in [1.165, 1.54) is 11.3 Å². The van der Waals surface area contributed by atoms with E-state index in [1.807, 2.05) is 6.92 Å². The molecular weight excluding hydrogens is 141 g/mol. The lowest BCUT2D eigenvalue weighted by molar-refractivity contribution is 0.475. The Morgan fingerprint density at radius 1 is 1.64 bits per heavy atom. The molecule has 0 bridgehead atoms. The Kier molecular flexibility index (Phi) is 1.48. The van der Waals surface area contributed by atoms with Crippen LogP contribution in [0.1, 0.15) is 19.8 Å². The topological polar surface area (TPSA) is 12.0 Å². The molecular formula is C9H12FN. The largest absolute Gasteiger partial charge is 0.388 e. The molecule has 0 aromatic rings. The molecule has 0 spiro atoms. The maximum Gasteiger partial charge on any atom is 0.103 e. The fourth-order valence-corrected chi connectivity index (χ4v) is 1.69. The van der Waals surface area contributed by atoms with Gasteiger partial charge in [-0.1, -0.05) is 6.92 Å². The molecule has 1 aliphatic carbocycles. The summed E-state index contributed by atoms with van der Waals surface area (Å²) in [4.78, 5) is 0. The van der Waals surface area contributed by atoms with Crippen LogP contribution >= 0.6 is 0 Å². The van der Waals surface area contributed by atoms with Gasteiger partial charge in [0.1, 0.15) is 5.83 Å². The highest BCUT2D eigenvalue weighted by Gasteiger charge is 2.22. The predicted molar refractivity (Wildman–Crippen MR) is 42.6 cm³/mol. The number of hydrogen-bond donors (Lipinski definition) is 1. The summed E-state index contributed by atoms with van der Waals surface area (Å²) in [5.41, 5.74) is 2.44. The van der Waals surface area contributed by atoms with Crippen molar-refractivity contribution in [1.29, 1.82) is 0 Å². The van der Waals surface area contributed by atoms with Crippen molar-refractivity contribution in [2.75, 3.05) is 6.54 Å². The molecule has 0 unspecified atom stereocenters. The van der Waals surface area contributed by atoms with Gasteiger partial charge in [0.2, 0.25) is 0 Å². The van der Waals surface area contributed by atoms with Crippen molar-refractivity contribution in [3.63, 3.8) is 0 Å². The summed E-state index contributed by atoms with van der Waals surface area (Å²) >= 11 is 0. The third kappa shape index (κ3) is 1.06. The normalized spacial score (nSPS) is 29.6. The Hall–Kier alpha value is -0.790. The molecule has 1 nitrogen and oxygen atoms in total. The van der Waals surface area contributed by atoms with Gasteiger partial charge in [-0.25, -0.2) is 4.39 Å². The molecule has 0 saturated heterocycles. The molecule has 2 aliphatic rings. The second-order valence-electron chi connectivity index (χ2n) is 3.31. The van der Waals surface area contributed by atoms with Gasteiger partial charge < -0.3 is 5.32 Å². The minimum Gasteiger partial charge on any atom is -0.388 e. The summed E-state index contributed by atoms with van der Waals surface area (Å²) in [6.45, 7) is 2.91. The van der Waals surface area contributed by atoms with Crippen LogP contribution in [0, 0.1) is 5.92 Å². The smallest absolute Gasteiger partial charge is 0.103 e. The maximum atomic E-state index is 13.0. The van der Waals surface area contributed by atoms with E-state index >= 15 is 0 Å². The Morgan fingerprint density at radius 2 is 2.45 bits per heavy atom. The van der Waals surface area contributed by atoms with Crippen molar-refractivity contribution >= 4 is 0 Å². The van der Waals surface area contributed by atoms with E-state index in [-0.39, 0.29) is 11.7 Å². The van der Waals surface area contributed by atoms with Gasteiger partial charge in [0.05, 0.1) is 0 Å². The van der Waals surface area contributed by atoms with Crippen molar-refractivity contribution in [3.05, 3.63) is 23.2 Å². The average molecular weight is 153 g/mol. The molecule has 0 amide bonds. The van der Waals surface area contributed by atoms with Gasteiger partial charge in [-0.2, -0.15) is 0 Å². The monoisotopic (exact) mass is 153 g/mol. The molecule has 0 radical (unpaired) electrons. The average Bonchev–Trinajstić information content (AvgIpc) is 2.36. The van der Waals surface area contributed by atoms with Crippen molar-refractivity contribution < 1.29 is 4.39 Å². The molecule has 2 heteroatoms. The number of rotatable bonds is 0. The molecule has 0 aromatic carbocycles. The summed E-state index contributed by atoms with van der Waals surface area (Å²) in [6.07, 6.45) is 3.55. The van der Waals surface area contributed by atoms with Gasteiger partial charge in [-0.15, -0.1) is 0 Å². The molecule has 0 aromatic heterocycles. The summed E-state index contributed by atoms with van der Waals surface area (Å²) in [7, 11) is 0. The fraction of sp³-hybridized carbons (Fsp3) is 0.556. The first-order valence-electron chi connectivity index (χ1n) is 4.10. The van der Waals surface area contributed by atoms with Crippen LogP contribution in [-0.2, 0) is 0 Å². The van der Waals surface area contributed by atoms with Gasteiger partial charge in [0, 0.05) is 18.2 Å². The van der Waals surface area contributed by atoms with Crippen molar-refractivity contribution in [1.82, 2.24) is 5.32 Å². The zero-order valence-corrected chi connectivity index (χ0v) is 6.65. The second kappa shape index (κ2) is 2.36. The second-order valence-corrected chi connectivity index (χ2v) is 3.31. The maximum absolute atomic E-state index is 13.0. The minimum absolute atomic E-state index is 0.0486. The molecule has 2 rings (SSSR count). The summed E-state index contributed by atoms with van der Waals surface area (Å²) < 4.78 is 13.0. The molecule has 1 aliphatic heterocycles. The Bertz CT molecular complexity index is 240. The number of allylic oxidation sites excluding steroid dienone is 3. The van der Waals surface area contributed by atoms with E-state index in [0.29, 0.717) is 0 Å². The van der Waals surface area contributed by atoms with Crippen molar-refractivity contribution in [2.24, 2.45) is 5.92 Å². The molecule has 1 N–H and O–H groups in total. The molecule has 0 saturated carbocycles. The molecule has 1 atom stereocenters. The highest BCUT2D eigenvalue weighted by molar-refractivity contribution is 5.34. The van der Waals surface area contributed by atoms with Crippen LogP contribution in [0.25, 0.3) is 0 Å². The van der Waals surface area contributed by atoms with E-state index in [1.54, 1.807) is 6.08 Å². The zero-order chi connectivity index (χ0) is 7.84. The summed E-state index contributed by atoms with van der Waals surface area (Å²) in [5, 5.41) is 3.28. The van der Waals surface area contributed by atoms with Crippen LogP contribution in [0.2, 0.25) is 0 Å². The van der Waals surface area contributed by atoms with Gasteiger partial charge in [-0.3, -0.25) is 0 Å². The van der Waals surface area contributed by atoms with E-state index in [4.69, 9.17) is 0 Å². The molecule has 60 valence electrons. The highest BCUT2D eigenvalue weighted by Crippen LogP contribution is 2.32. The Balaban J connectivity index is 2.29. The first kappa shape index (κ1) is 6.89. The quantitative estimate of drug-likeness (QED) is 0.562. The van der Waals surface area contributed by atoms with Crippen LogP contribution in [0.3, 0.4) is 0 Å². The van der Waals surface area contributed by atoms with Crippen LogP contribution in [0.4, 0.5) is 4.39 Å². The predicted octanol–water partition coefficient (Wildman–Crippen LogP) is 2.13. The summed E-state index contributed by atoms with van der Waals surface area (Å²) in [6, 6.07) is 0. The number of halogens is 1. The SMILES string of the molecule is C[C@@H]1CC2=C(C=C1F)CCN2. The van der Waals surface area contributed by atoms with Crippen LogP contribution in [0.5, 0.6) is 0 Å². The third-order valence-corrected chi connectivity index (χ3v) is 2.41. The van der Waals surface area contributed by atoms with E-state index < -0.39 is 0 Å². The lowest BCUT2D eigenvalue weighted by Crippen LogP contribution is -2.12. The van der Waals surface area contributed by atoms with Gasteiger partial charge in [0.25, 0.3) is 0 Å². The number of nitrogens with one attached hydrogen (secondary N) is 1. The fourth-order valence-electron chi connectivity index (χ4n) is 1.69. The Morgan fingerprint density at radius 3 is 3.27 bits per heavy atom. The van der Waals surface area contributed by atoms with E-state index in [0.717, 1.165) is 19.4 Å². The lowest BCUT2D eigenvalue weighted by atomic mass is 9.95. The van der Waals surface area contributed by atoms with Crippen LogP contribution in [-0.4, -0.2) is 6.54 Å².